The molecule has 10 heteroatoms. The average Bonchev–Trinajstić information content (AvgIpc) is 3.20. The number of carbonyl (C=O) groups excluding carboxylic acids is 2. The molecular weight excluding hydrogens is 444 g/mol. The summed E-state index contributed by atoms with van der Waals surface area (Å²) in [4.78, 5) is 41.8. The Kier molecular flexibility index (Phi) is 6.45. The third-order valence-corrected chi connectivity index (χ3v) is 5.49. The molecule has 1 N–H and O–H groups in total. The Hall–Kier alpha value is -4.05. The van der Waals surface area contributed by atoms with Crippen LogP contribution in [0.3, 0.4) is 0 Å². The third kappa shape index (κ3) is 5.07. The second-order valence-electron chi connectivity index (χ2n) is 6.99. The topological polar surface area (TPSA) is 112 Å². The molecule has 0 atom stereocenters. The van der Waals surface area contributed by atoms with Crippen LogP contribution in [0.4, 0.5) is 5.13 Å². The quantitative estimate of drug-likeness (QED) is 0.417. The van der Waals surface area contributed by atoms with Gasteiger partial charge in [-0.2, -0.15) is 9.78 Å². The van der Waals surface area contributed by atoms with Crippen molar-refractivity contribution in [2.45, 2.75) is 13.8 Å². The number of nitrogens with one attached hydrogen (secondary N) is 1. The lowest BCUT2D eigenvalue weighted by atomic mass is 10.2. The Balaban J connectivity index is 1.55. The van der Waals surface area contributed by atoms with Crippen LogP contribution in [0.25, 0.3) is 15.9 Å². The predicted molar refractivity (Wildman–Crippen MR) is 124 cm³/mol. The molecule has 0 aliphatic rings. The number of carbonyl (C=O) groups is 2. The van der Waals surface area contributed by atoms with Crippen molar-refractivity contribution in [1.29, 1.82) is 0 Å². The van der Waals surface area contributed by atoms with Gasteiger partial charge in [-0.3, -0.25) is 14.9 Å². The molecule has 0 unspecified atom stereocenters. The van der Waals surface area contributed by atoms with E-state index in [1.807, 2.05) is 43.3 Å². The van der Waals surface area contributed by atoms with Crippen molar-refractivity contribution < 1.29 is 19.1 Å². The molecule has 2 heterocycles. The van der Waals surface area contributed by atoms with Gasteiger partial charge < -0.3 is 9.47 Å². The van der Waals surface area contributed by atoms with Crippen molar-refractivity contribution in [2.75, 3.05) is 18.5 Å². The second-order valence-corrected chi connectivity index (χ2v) is 8.02. The summed E-state index contributed by atoms with van der Waals surface area (Å²) in [6, 6.07) is 15.7. The lowest BCUT2D eigenvalue weighted by molar-refractivity contribution is -0.118. The number of anilines is 1. The van der Waals surface area contributed by atoms with Crippen molar-refractivity contribution in [3.63, 3.8) is 0 Å². The molecule has 2 aromatic heterocycles. The molecule has 0 aliphatic carbocycles. The first-order chi connectivity index (χ1) is 15.9. The summed E-state index contributed by atoms with van der Waals surface area (Å²) >= 11 is 1.33. The van der Waals surface area contributed by atoms with Crippen LogP contribution in [0.1, 0.15) is 23.0 Å². The van der Waals surface area contributed by atoms with Gasteiger partial charge in [-0.05, 0) is 38.1 Å². The molecule has 0 aliphatic heterocycles. The van der Waals surface area contributed by atoms with Crippen LogP contribution < -0.4 is 15.6 Å². The number of nitrogens with zero attached hydrogens (tertiary/aromatic N) is 3. The van der Waals surface area contributed by atoms with E-state index in [2.05, 4.69) is 15.4 Å². The van der Waals surface area contributed by atoms with E-state index in [1.165, 1.54) is 11.3 Å². The Morgan fingerprint density at radius 2 is 1.88 bits per heavy atom. The fourth-order valence-electron chi connectivity index (χ4n) is 2.99. The molecule has 4 aromatic rings. The summed E-state index contributed by atoms with van der Waals surface area (Å²) in [5.41, 5.74) is 1.54. The number of hydrogen-bond donors (Lipinski definition) is 1. The highest BCUT2D eigenvalue weighted by Crippen LogP contribution is 2.25. The van der Waals surface area contributed by atoms with Crippen LogP contribution >= 0.6 is 11.3 Å². The summed E-state index contributed by atoms with van der Waals surface area (Å²) in [7, 11) is 0. The minimum Gasteiger partial charge on any atom is -0.481 e. The smallest absolute Gasteiger partial charge is 0.362 e. The highest BCUT2D eigenvalue weighted by Gasteiger charge is 2.21. The first-order valence-corrected chi connectivity index (χ1v) is 10.9. The van der Waals surface area contributed by atoms with Crippen molar-refractivity contribution >= 4 is 38.6 Å². The van der Waals surface area contributed by atoms with E-state index in [-0.39, 0.29) is 18.1 Å². The number of esters is 1. The highest BCUT2D eigenvalue weighted by molar-refractivity contribution is 7.22. The lowest BCUT2D eigenvalue weighted by Crippen LogP contribution is -2.27. The Morgan fingerprint density at radius 1 is 1.12 bits per heavy atom. The Labute approximate surface area is 192 Å². The molecule has 0 saturated heterocycles. The van der Waals surface area contributed by atoms with Gasteiger partial charge in [0.15, 0.2) is 17.5 Å². The number of ether oxygens (including phenoxy) is 2. The highest BCUT2D eigenvalue weighted by atomic mass is 32.1. The normalized spacial score (nSPS) is 10.7. The number of benzene rings is 2. The van der Waals surface area contributed by atoms with E-state index in [4.69, 9.17) is 9.47 Å². The van der Waals surface area contributed by atoms with E-state index in [0.717, 1.165) is 26.5 Å². The van der Waals surface area contributed by atoms with Gasteiger partial charge >= 0.3 is 5.97 Å². The number of hydrogen-bond acceptors (Lipinski definition) is 8. The fraction of sp³-hybridized carbons (Fsp3) is 0.174. The molecule has 9 nitrogen and oxygen atoms in total. The van der Waals surface area contributed by atoms with Gasteiger partial charge in [-0.1, -0.05) is 41.2 Å². The molecule has 0 fully saturated rings. The maximum atomic E-state index is 12.7. The van der Waals surface area contributed by atoms with Crippen molar-refractivity contribution in [1.82, 2.24) is 14.8 Å². The van der Waals surface area contributed by atoms with Gasteiger partial charge in [-0.15, -0.1) is 0 Å². The molecule has 4 rings (SSSR count). The van der Waals surface area contributed by atoms with Crippen LogP contribution in [-0.2, 0) is 9.53 Å². The van der Waals surface area contributed by atoms with E-state index < -0.39 is 24.0 Å². The number of aryl methyl sites for hydroxylation is 1. The Morgan fingerprint density at radius 3 is 2.61 bits per heavy atom. The molecule has 33 heavy (non-hydrogen) atoms. The summed E-state index contributed by atoms with van der Waals surface area (Å²) in [5, 5.41) is 7.22. The number of para-hydroxylation sites is 1. The van der Waals surface area contributed by atoms with E-state index in [0.29, 0.717) is 10.8 Å². The van der Waals surface area contributed by atoms with Crippen LogP contribution in [0, 0.1) is 6.92 Å². The third-order valence-electron chi connectivity index (χ3n) is 4.54. The molecule has 2 aromatic carbocycles. The zero-order valence-electron chi connectivity index (χ0n) is 17.9. The minimum atomic E-state index is -0.764. The Bertz CT molecular complexity index is 1340. The number of rotatable bonds is 7. The SMILES string of the molecule is CCOC(=O)c1nn(-c2ccc(C)cc2)c(=O)cc1OCC(=O)Nc1nc2ccccc2s1. The summed E-state index contributed by atoms with van der Waals surface area (Å²) < 4.78 is 12.6. The van der Waals surface area contributed by atoms with Crippen LogP contribution in [0.15, 0.2) is 59.4 Å². The monoisotopic (exact) mass is 464 g/mol. The first-order valence-electron chi connectivity index (χ1n) is 10.1. The molecule has 0 saturated carbocycles. The molecule has 0 spiro atoms. The molecule has 0 radical (unpaired) electrons. The van der Waals surface area contributed by atoms with E-state index in [9.17, 15) is 14.4 Å². The molecular formula is C23H20N4O5S. The standard InChI is InChI=1S/C23H20N4O5S/c1-3-31-22(30)21-17(12-20(29)27(26-21)15-10-8-14(2)9-11-15)32-13-19(28)25-23-24-16-6-4-5-7-18(16)33-23/h4-12H,3,13H2,1-2H3,(H,24,25,28). The van der Waals surface area contributed by atoms with Crippen molar-refractivity contribution in [3.8, 4) is 11.4 Å². The number of amides is 1. The largest absolute Gasteiger partial charge is 0.481 e. The second kappa shape index (κ2) is 9.61. The number of aromatic nitrogens is 3. The predicted octanol–water partition coefficient (Wildman–Crippen LogP) is 3.34. The van der Waals surface area contributed by atoms with Crippen LogP contribution in [0.2, 0.25) is 0 Å². The lowest BCUT2D eigenvalue weighted by Gasteiger charge is -2.12. The summed E-state index contributed by atoms with van der Waals surface area (Å²) in [6.07, 6.45) is 0. The van der Waals surface area contributed by atoms with Crippen molar-refractivity contribution in [3.05, 3.63) is 76.2 Å². The maximum Gasteiger partial charge on any atom is 0.362 e. The first kappa shape index (κ1) is 22.2. The van der Waals surface area contributed by atoms with Gasteiger partial charge in [0.2, 0.25) is 5.69 Å². The van der Waals surface area contributed by atoms with Gasteiger partial charge in [0.25, 0.3) is 11.5 Å². The molecule has 168 valence electrons. The van der Waals surface area contributed by atoms with Gasteiger partial charge in [0.1, 0.15) is 0 Å². The molecule has 0 bridgehead atoms. The summed E-state index contributed by atoms with van der Waals surface area (Å²) in [5.74, 6) is -1.40. The minimum absolute atomic E-state index is 0.113. The van der Waals surface area contributed by atoms with E-state index in [1.54, 1.807) is 19.1 Å². The maximum absolute atomic E-state index is 12.7. The van der Waals surface area contributed by atoms with Gasteiger partial charge in [0, 0.05) is 0 Å². The fourth-order valence-corrected chi connectivity index (χ4v) is 3.87. The summed E-state index contributed by atoms with van der Waals surface area (Å²) in [6.45, 7) is 3.24. The van der Waals surface area contributed by atoms with Gasteiger partial charge in [-0.25, -0.2) is 9.78 Å². The average molecular weight is 465 g/mol. The number of fused-ring (bicyclic) bond motifs is 1. The number of thiazole rings is 1. The molecule has 1 amide bonds. The van der Waals surface area contributed by atoms with Crippen LogP contribution in [-0.4, -0.2) is 39.9 Å². The van der Waals surface area contributed by atoms with E-state index >= 15 is 0 Å². The van der Waals surface area contributed by atoms with Gasteiger partial charge in [0.05, 0.1) is 28.6 Å². The zero-order valence-corrected chi connectivity index (χ0v) is 18.7. The van der Waals surface area contributed by atoms with Crippen LogP contribution in [0.5, 0.6) is 5.75 Å². The zero-order chi connectivity index (χ0) is 23.4. The van der Waals surface area contributed by atoms with Crippen molar-refractivity contribution in [2.24, 2.45) is 0 Å².